The van der Waals surface area contributed by atoms with Crippen LogP contribution in [0, 0.1) is 5.82 Å². The van der Waals surface area contributed by atoms with Crippen LogP contribution in [0.3, 0.4) is 0 Å². The van der Waals surface area contributed by atoms with Crippen LogP contribution in [0.1, 0.15) is 31.2 Å². The Bertz CT molecular complexity index is 571. The molecule has 0 bridgehead atoms. The van der Waals surface area contributed by atoms with Crippen LogP contribution in [0.15, 0.2) is 27.2 Å². The van der Waals surface area contributed by atoms with Gasteiger partial charge in [0.15, 0.2) is 5.82 Å². The molecule has 0 fully saturated rings. The van der Waals surface area contributed by atoms with Crippen molar-refractivity contribution in [1.82, 2.24) is 10.1 Å². The van der Waals surface area contributed by atoms with Gasteiger partial charge in [0.25, 0.3) is 0 Å². The zero-order chi connectivity index (χ0) is 14.0. The molecule has 102 valence electrons. The van der Waals surface area contributed by atoms with Crippen molar-refractivity contribution in [3.05, 3.63) is 39.9 Å². The Labute approximate surface area is 119 Å². The lowest BCUT2D eigenvalue weighted by Gasteiger charge is -2.14. The topological polar surface area (TPSA) is 42.2 Å². The summed E-state index contributed by atoms with van der Waals surface area (Å²) in [6, 6.07) is 5.06. The van der Waals surface area contributed by atoms with E-state index in [1.54, 1.807) is 6.07 Å². The Hall–Kier alpha value is -1.43. The molecule has 0 N–H and O–H groups in total. The van der Waals surface area contributed by atoms with E-state index in [9.17, 15) is 4.39 Å². The van der Waals surface area contributed by atoms with Gasteiger partial charge in [0, 0.05) is 24.0 Å². The molecule has 0 aliphatic carbocycles. The molecule has 2 aromatic rings. The maximum absolute atomic E-state index is 13.0. The molecule has 2 rings (SSSR count). The van der Waals surface area contributed by atoms with Crippen LogP contribution >= 0.6 is 15.9 Å². The maximum Gasteiger partial charge on any atom is 0.324 e. The Morgan fingerprint density at radius 3 is 2.74 bits per heavy atom. The van der Waals surface area contributed by atoms with Crippen LogP contribution in [-0.4, -0.2) is 17.2 Å². The van der Waals surface area contributed by atoms with E-state index in [4.69, 9.17) is 4.52 Å². The van der Waals surface area contributed by atoms with E-state index < -0.39 is 0 Å². The summed E-state index contributed by atoms with van der Waals surface area (Å²) in [4.78, 5) is 6.14. The Balaban J connectivity index is 2.13. The van der Waals surface area contributed by atoms with Crippen LogP contribution in [-0.2, 0) is 6.54 Å². The SMILES string of the molecule is CC(C)c1noc(N(C)Cc2ccc(F)cc2Br)n1. The molecule has 0 spiro atoms. The van der Waals surface area contributed by atoms with Crippen LogP contribution in [0.4, 0.5) is 10.4 Å². The zero-order valence-corrected chi connectivity index (χ0v) is 12.6. The fraction of sp³-hybridized carbons (Fsp3) is 0.385. The average Bonchev–Trinajstić information content (AvgIpc) is 2.82. The van der Waals surface area contributed by atoms with Crippen LogP contribution < -0.4 is 4.90 Å². The van der Waals surface area contributed by atoms with Gasteiger partial charge in [-0.15, -0.1) is 0 Å². The first kappa shape index (κ1) is 14.0. The Morgan fingerprint density at radius 2 is 2.16 bits per heavy atom. The van der Waals surface area contributed by atoms with Crippen molar-refractivity contribution in [1.29, 1.82) is 0 Å². The van der Waals surface area contributed by atoms with E-state index in [0.717, 1.165) is 10.0 Å². The van der Waals surface area contributed by atoms with Crippen LogP contribution in [0.25, 0.3) is 0 Å². The minimum absolute atomic E-state index is 0.225. The van der Waals surface area contributed by atoms with Crippen molar-refractivity contribution in [3.63, 3.8) is 0 Å². The van der Waals surface area contributed by atoms with Crippen molar-refractivity contribution in [2.24, 2.45) is 0 Å². The van der Waals surface area contributed by atoms with E-state index in [2.05, 4.69) is 26.1 Å². The molecule has 0 unspecified atom stereocenters. The van der Waals surface area contributed by atoms with E-state index in [1.807, 2.05) is 25.8 Å². The third kappa shape index (κ3) is 3.32. The molecule has 0 aliphatic rings. The predicted molar refractivity (Wildman–Crippen MR) is 74.6 cm³/mol. The highest BCUT2D eigenvalue weighted by molar-refractivity contribution is 9.10. The molecule has 6 heteroatoms. The highest BCUT2D eigenvalue weighted by Gasteiger charge is 2.14. The van der Waals surface area contributed by atoms with Crippen LogP contribution in [0.5, 0.6) is 0 Å². The third-order valence-corrected chi connectivity index (χ3v) is 3.43. The second-order valence-electron chi connectivity index (χ2n) is 4.68. The smallest absolute Gasteiger partial charge is 0.323 e. The summed E-state index contributed by atoms with van der Waals surface area (Å²) in [6.45, 7) is 4.57. The first-order valence-electron chi connectivity index (χ1n) is 5.96. The molecule has 1 aromatic heterocycles. The van der Waals surface area contributed by atoms with Crippen molar-refractivity contribution in [2.45, 2.75) is 26.3 Å². The van der Waals surface area contributed by atoms with Crippen molar-refractivity contribution in [3.8, 4) is 0 Å². The second-order valence-corrected chi connectivity index (χ2v) is 5.54. The molecule has 1 aromatic carbocycles. The molecule has 0 saturated heterocycles. The van der Waals surface area contributed by atoms with Gasteiger partial charge >= 0.3 is 6.01 Å². The molecule has 0 aliphatic heterocycles. The molecule has 4 nitrogen and oxygen atoms in total. The summed E-state index contributed by atoms with van der Waals surface area (Å²) in [5.74, 6) is 0.640. The molecule has 0 saturated carbocycles. The Kier molecular flexibility index (Phi) is 4.19. The normalized spacial score (nSPS) is 11.1. The fourth-order valence-corrected chi connectivity index (χ4v) is 2.07. The van der Waals surface area contributed by atoms with Gasteiger partial charge in [0.2, 0.25) is 0 Å². The van der Waals surface area contributed by atoms with Crippen molar-refractivity contribution >= 4 is 21.9 Å². The first-order chi connectivity index (χ1) is 8.97. The number of hydrogen-bond acceptors (Lipinski definition) is 4. The monoisotopic (exact) mass is 327 g/mol. The van der Waals surface area contributed by atoms with Gasteiger partial charge < -0.3 is 9.42 Å². The van der Waals surface area contributed by atoms with E-state index in [-0.39, 0.29) is 11.7 Å². The van der Waals surface area contributed by atoms with E-state index in [0.29, 0.717) is 18.4 Å². The number of halogens is 2. The van der Waals surface area contributed by atoms with E-state index in [1.165, 1.54) is 12.1 Å². The fourth-order valence-electron chi connectivity index (χ4n) is 1.59. The number of hydrogen-bond donors (Lipinski definition) is 0. The lowest BCUT2D eigenvalue weighted by Crippen LogP contribution is -2.17. The predicted octanol–water partition coefficient (Wildman–Crippen LogP) is 3.73. The zero-order valence-electron chi connectivity index (χ0n) is 11.0. The highest BCUT2D eigenvalue weighted by atomic mass is 79.9. The highest BCUT2D eigenvalue weighted by Crippen LogP contribution is 2.22. The average molecular weight is 328 g/mol. The summed E-state index contributed by atoms with van der Waals surface area (Å²) in [5.41, 5.74) is 0.952. The standard InChI is InChI=1S/C13H15BrFN3O/c1-8(2)12-16-13(19-17-12)18(3)7-9-4-5-10(15)6-11(9)14/h4-6,8H,7H2,1-3H3. The summed E-state index contributed by atoms with van der Waals surface area (Å²) < 4.78 is 18.9. The minimum Gasteiger partial charge on any atom is -0.323 e. The van der Waals surface area contributed by atoms with Gasteiger partial charge in [-0.05, 0) is 17.7 Å². The Morgan fingerprint density at radius 1 is 1.42 bits per heavy atom. The number of aromatic nitrogens is 2. The van der Waals surface area contributed by atoms with Gasteiger partial charge in [0.1, 0.15) is 5.82 Å². The maximum atomic E-state index is 13.0. The lowest BCUT2D eigenvalue weighted by molar-refractivity contribution is 0.407. The van der Waals surface area contributed by atoms with Crippen LogP contribution in [0.2, 0.25) is 0 Å². The van der Waals surface area contributed by atoms with Gasteiger partial charge in [-0.25, -0.2) is 4.39 Å². The summed E-state index contributed by atoms with van der Waals surface area (Å²) >= 11 is 3.34. The van der Waals surface area contributed by atoms with Gasteiger partial charge in [-0.1, -0.05) is 41.0 Å². The molecule has 0 radical (unpaired) electrons. The quantitative estimate of drug-likeness (QED) is 0.858. The third-order valence-electron chi connectivity index (χ3n) is 2.70. The molecular weight excluding hydrogens is 313 g/mol. The number of rotatable bonds is 4. The largest absolute Gasteiger partial charge is 0.324 e. The summed E-state index contributed by atoms with van der Waals surface area (Å²) in [6.07, 6.45) is 0. The van der Waals surface area contributed by atoms with Crippen molar-refractivity contribution < 1.29 is 8.91 Å². The number of nitrogens with zero attached hydrogens (tertiary/aromatic N) is 3. The molecule has 0 atom stereocenters. The molecular formula is C13H15BrFN3O. The number of anilines is 1. The van der Waals surface area contributed by atoms with E-state index >= 15 is 0 Å². The second kappa shape index (κ2) is 5.69. The van der Waals surface area contributed by atoms with Gasteiger partial charge in [0.05, 0.1) is 0 Å². The van der Waals surface area contributed by atoms with Gasteiger partial charge in [-0.3, -0.25) is 0 Å². The molecule has 1 heterocycles. The van der Waals surface area contributed by atoms with Gasteiger partial charge in [-0.2, -0.15) is 4.98 Å². The minimum atomic E-state index is -0.266. The molecule has 19 heavy (non-hydrogen) atoms. The first-order valence-corrected chi connectivity index (χ1v) is 6.75. The van der Waals surface area contributed by atoms with Crippen molar-refractivity contribution in [2.75, 3.05) is 11.9 Å². The lowest BCUT2D eigenvalue weighted by atomic mass is 10.2. The number of benzene rings is 1. The summed E-state index contributed by atoms with van der Waals surface area (Å²) in [7, 11) is 1.85. The molecule has 0 amide bonds. The summed E-state index contributed by atoms with van der Waals surface area (Å²) in [5, 5.41) is 3.92.